The number of nitrogens with one attached hydrogen (secondary N) is 1. The van der Waals surface area contributed by atoms with Crippen molar-refractivity contribution in [3.8, 4) is 5.88 Å². The molecule has 1 aliphatic heterocycles. The van der Waals surface area contributed by atoms with Gasteiger partial charge in [-0.05, 0) is 6.07 Å². The van der Waals surface area contributed by atoms with E-state index in [0.717, 1.165) is 17.5 Å². The molecule has 25 heavy (non-hydrogen) atoms. The smallest absolute Gasteiger partial charge is 0.319 e. The zero-order chi connectivity index (χ0) is 17.6. The summed E-state index contributed by atoms with van der Waals surface area (Å²) in [5.41, 5.74) is 0. The fraction of sp³-hybridized carbons (Fsp3) is 0.438. The second kappa shape index (κ2) is 7.91. The van der Waals surface area contributed by atoms with E-state index >= 15 is 0 Å². The highest BCUT2D eigenvalue weighted by Crippen LogP contribution is 2.16. The van der Waals surface area contributed by atoms with Crippen molar-refractivity contribution in [2.45, 2.75) is 25.6 Å². The lowest BCUT2D eigenvalue weighted by molar-refractivity contribution is 0.0668. The molecule has 0 saturated carbocycles. The number of ether oxygens (including phenoxy) is 1. The number of guanidine groups is 1. The van der Waals surface area contributed by atoms with Gasteiger partial charge in [0, 0.05) is 44.7 Å². The zero-order valence-corrected chi connectivity index (χ0v) is 13.8. The van der Waals surface area contributed by atoms with Crippen LogP contribution in [0.25, 0.3) is 0 Å². The minimum absolute atomic E-state index is 0.0106. The maximum atomic E-state index is 12.9. The third kappa shape index (κ3) is 4.23. The molecule has 0 aliphatic carbocycles. The van der Waals surface area contributed by atoms with Crippen LogP contribution in [0.3, 0.4) is 0 Å². The van der Waals surface area contributed by atoms with Gasteiger partial charge >= 0.3 is 6.55 Å². The van der Waals surface area contributed by atoms with Gasteiger partial charge in [-0.3, -0.25) is 9.56 Å². The quantitative estimate of drug-likeness (QED) is 0.659. The van der Waals surface area contributed by atoms with E-state index in [1.165, 1.54) is 12.4 Å². The van der Waals surface area contributed by atoms with E-state index in [-0.39, 0.29) is 18.5 Å². The first-order chi connectivity index (χ1) is 12.2. The van der Waals surface area contributed by atoms with Crippen molar-refractivity contribution >= 4 is 5.96 Å². The van der Waals surface area contributed by atoms with Crippen LogP contribution >= 0.6 is 0 Å². The second-order valence-electron chi connectivity index (χ2n) is 5.57. The molecule has 134 valence electrons. The molecule has 1 unspecified atom stereocenters. The first-order valence-corrected chi connectivity index (χ1v) is 8.00. The molecule has 1 atom stereocenters. The Morgan fingerprint density at radius 3 is 3.00 bits per heavy atom. The molecule has 1 fully saturated rings. The van der Waals surface area contributed by atoms with Crippen LogP contribution < -0.4 is 10.1 Å². The van der Waals surface area contributed by atoms with Gasteiger partial charge in [-0.15, -0.1) is 0 Å². The van der Waals surface area contributed by atoms with E-state index in [0.29, 0.717) is 18.4 Å². The number of imidazole rings is 1. The normalized spacial score (nSPS) is 18.0. The summed E-state index contributed by atoms with van der Waals surface area (Å²) in [5.74, 6) is 1.49. The lowest BCUT2D eigenvalue weighted by Gasteiger charge is -2.21. The van der Waals surface area contributed by atoms with Crippen LogP contribution in [0.2, 0.25) is 0 Å². The van der Waals surface area contributed by atoms with Crippen LogP contribution in [0, 0.1) is 0 Å². The summed E-state index contributed by atoms with van der Waals surface area (Å²) in [5, 5.41) is 3.08. The summed E-state index contributed by atoms with van der Waals surface area (Å²) in [6.07, 6.45) is 5.16. The van der Waals surface area contributed by atoms with E-state index in [9.17, 15) is 8.78 Å². The van der Waals surface area contributed by atoms with Crippen molar-refractivity contribution in [2.24, 2.45) is 4.99 Å². The van der Waals surface area contributed by atoms with Gasteiger partial charge in [0.25, 0.3) is 0 Å². The van der Waals surface area contributed by atoms with Gasteiger partial charge in [0.05, 0.1) is 13.1 Å². The average molecular weight is 350 g/mol. The Labute approximate surface area is 144 Å². The Bertz CT molecular complexity index is 706. The van der Waals surface area contributed by atoms with Crippen molar-refractivity contribution < 1.29 is 13.5 Å². The van der Waals surface area contributed by atoms with Crippen LogP contribution in [0.4, 0.5) is 8.78 Å². The van der Waals surface area contributed by atoms with Crippen molar-refractivity contribution in [2.75, 3.05) is 20.1 Å². The lowest BCUT2D eigenvalue weighted by atomic mass is 10.3. The molecule has 0 amide bonds. The molecular formula is C16H20F2N6O. The molecule has 2 aromatic rings. The summed E-state index contributed by atoms with van der Waals surface area (Å²) in [4.78, 5) is 14.4. The number of nitrogens with zero attached hydrogens (tertiary/aromatic N) is 5. The SMILES string of the molecule is CN=C(NCc1nccn1C(F)F)N1CCC(Oc2ccccn2)C1. The summed E-state index contributed by atoms with van der Waals surface area (Å²) in [6.45, 7) is -1.02. The molecule has 0 radical (unpaired) electrons. The number of hydrogen-bond acceptors (Lipinski definition) is 4. The number of pyridine rings is 1. The van der Waals surface area contributed by atoms with Crippen molar-refractivity contribution in [1.82, 2.24) is 24.8 Å². The Morgan fingerprint density at radius 1 is 1.40 bits per heavy atom. The lowest BCUT2D eigenvalue weighted by Crippen LogP contribution is -2.41. The van der Waals surface area contributed by atoms with E-state index in [2.05, 4.69) is 20.3 Å². The fourth-order valence-corrected chi connectivity index (χ4v) is 2.75. The molecule has 3 rings (SSSR count). The standard InChI is InChI=1S/C16H20F2N6O/c1-19-16(22-10-13-20-7-9-24(13)15(17)18)23-8-5-12(11-23)25-14-4-2-3-6-21-14/h2-4,6-7,9,12,15H,5,8,10-11H2,1H3,(H,19,22). The first-order valence-electron chi connectivity index (χ1n) is 8.00. The van der Waals surface area contributed by atoms with Crippen molar-refractivity contribution in [3.63, 3.8) is 0 Å². The largest absolute Gasteiger partial charge is 0.472 e. The molecular weight excluding hydrogens is 330 g/mol. The third-order valence-electron chi connectivity index (χ3n) is 3.95. The van der Waals surface area contributed by atoms with E-state index in [1.54, 1.807) is 13.2 Å². The minimum Gasteiger partial charge on any atom is -0.472 e. The minimum atomic E-state index is -2.61. The van der Waals surface area contributed by atoms with Crippen molar-refractivity contribution in [3.05, 3.63) is 42.6 Å². The number of rotatable bonds is 5. The van der Waals surface area contributed by atoms with Gasteiger partial charge in [0.15, 0.2) is 5.96 Å². The van der Waals surface area contributed by atoms with Crippen molar-refractivity contribution in [1.29, 1.82) is 0 Å². The molecule has 0 aromatic carbocycles. The van der Waals surface area contributed by atoms with Gasteiger partial charge in [0.1, 0.15) is 11.9 Å². The first kappa shape index (κ1) is 17.1. The Balaban J connectivity index is 1.54. The maximum Gasteiger partial charge on any atom is 0.319 e. The monoisotopic (exact) mass is 350 g/mol. The highest BCUT2D eigenvalue weighted by Gasteiger charge is 2.26. The number of halogens is 2. The maximum absolute atomic E-state index is 12.9. The van der Waals surface area contributed by atoms with E-state index in [1.807, 2.05) is 23.1 Å². The van der Waals surface area contributed by atoms with Crippen LogP contribution in [0.5, 0.6) is 5.88 Å². The predicted octanol–water partition coefficient (Wildman–Crippen LogP) is 1.90. The Morgan fingerprint density at radius 2 is 2.28 bits per heavy atom. The summed E-state index contributed by atoms with van der Waals surface area (Å²) in [7, 11) is 1.66. The van der Waals surface area contributed by atoms with Crippen LogP contribution in [0.15, 0.2) is 41.8 Å². The number of aliphatic imine (C=N–C) groups is 1. The van der Waals surface area contributed by atoms with Gasteiger partial charge < -0.3 is 15.0 Å². The highest BCUT2D eigenvalue weighted by atomic mass is 19.3. The third-order valence-corrected chi connectivity index (χ3v) is 3.95. The predicted molar refractivity (Wildman–Crippen MR) is 88.5 cm³/mol. The average Bonchev–Trinajstić information content (AvgIpc) is 3.26. The van der Waals surface area contributed by atoms with Gasteiger partial charge in [0.2, 0.25) is 5.88 Å². The molecule has 9 heteroatoms. The fourth-order valence-electron chi connectivity index (χ4n) is 2.75. The molecule has 1 saturated heterocycles. The van der Waals surface area contributed by atoms with Crippen LogP contribution in [-0.4, -0.2) is 51.6 Å². The summed E-state index contributed by atoms with van der Waals surface area (Å²) >= 11 is 0. The Kier molecular flexibility index (Phi) is 5.42. The van der Waals surface area contributed by atoms with Gasteiger partial charge in [-0.2, -0.15) is 8.78 Å². The Hall–Kier alpha value is -2.71. The number of hydrogen-bond donors (Lipinski definition) is 1. The number of alkyl halides is 2. The second-order valence-corrected chi connectivity index (χ2v) is 5.57. The number of likely N-dealkylation sites (tertiary alicyclic amines) is 1. The summed E-state index contributed by atoms with van der Waals surface area (Å²) in [6, 6.07) is 5.53. The molecule has 2 aromatic heterocycles. The molecule has 0 bridgehead atoms. The zero-order valence-electron chi connectivity index (χ0n) is 13.8. The van der Waals surface area contributed by atoms with Gasteiger partial charge in [-0.1, -0.05) is 6.07 Å². The topological polar surface area (TPSA) is 67.6 Å². The molecule has 0 spiro atoms. The van der Waals surface area contributed by atoms with Crippen LogP contribution in [0.1, 0.15) is 18.8 Å². The molecule has 1 aliphatic rings. The highest BCUT2D eigenvalue weighted by molar-refractivity contribution is 5.80. The number of aromatic nitrogens is 3. The van der Waals surface area contributed by atoms with Gasteiger partial charge in [-0.25, -0.2) is 9.97 Å². The molecule has 7 nitrogen and oxygen atoms in total. The van der Waals surface area contributed by atoms with E-state index < -0.39 is 6.55 Å². The van der Waals surface area contributed by atoms with Crippen LogP contribution in [-0.2, 0) is 6.54 Å². The molecule has 3 heterocycles. The molecule has 1 N–H and O–H groups in total. The van der Waals surface area contributed by atoms with E-state index in [4.69, 9.17) is 4.74 Å². The summed E-state index contributed by atoms with van der Waals surface area (Å²) < 4.78 is 32.4.